The number of nitrogens with zero attached hydrogens (tertiary/aromatic N) is 3. The Morgan fingerprint density at radius 3 is 2.38 bits per heavy atom. The molecule has 0 aromatic heterocycles. The minimum atomic E-state index is -0.930. The van der Waals surface area contributed by atoms with Gasteiger partial charge < -0.3 is 19.3 Å². The SMILES string of the molecule is COc1ccc2c(c1)N(c1ccccc1)CN(C(C)COC1SC(=O)N(Cc3ccccc3)C1=O)C2=O. The molecule has 2 heterocycles. The van der Waals surface area contributed by atoms with Crippen molar-refractivity contribution in [1.29, 1.82) is 0 Å². The molecule has 2 aliphatic heterocycles. The van der Waals surface area contributed by atoms with E-state index in [1.54, 1.807) is 24.1 Å². The molecular formula is C28H27N3O5S. The fourth-order valence-electron chi connectivity index (χ4n) is 4.41. The highest BCUT2D eigenvalue weighted by Gasteiger charge is 2.41. The van der Waals surface area contributed by atoms with E-state index in [-0.39, 0.29) is 36.2 Å². The van der Waals surface area contributed by atoms with Gasteiger partial charge in [-0.3, -0.25) is 19.3 Å². The van der Waals surface area contributed by atoms with Gasteiger partial charge in [-0.05, 0) is 48.5 Å². The average molecular weight is 518 g/mol. The second-order valence-corrected chi connectivity index (χ2v) is 9.88. The summed E-state index contributed by atoms with van der Waals surface area (Å²) in [5, 5.41) is -0.335. The Labute approximate surface area is 219 Å². The van der Waals surface area contributed by atoms with E-state index >= 15 is 0 Å². The van der Waals surface area contributed by atoms with Gasteiger partial charge in [-0.15, -0.1) is 0 Å². The van der Waals surface area contributed by atoms with Gasteiger partial charge in [-0.2, -0.15) is 0 Å². The molecule has 9 heteroatoms. The Kier molecular flexibility index (Phi) is 7.16. The largest absolute Gasteiger partial charge is 0.497 e. The molecular weight excluding hydrogens is 490 g/mol. The average Bonchev–Trinajstić information content (AvgIpc) is 3.20. The minimum absolute atomic E-state index is 0.107. The first-order chi connectivity index (χ1) is 18.0. The van der Waals surface area contributed by atoms with Crippen LogP contribution in [0.4, 0.5) is 16.2 Å². The van der Waals surface area contributed by atoms with Gasteiger partial charge >= 0.3 is 0 Å². The van der Waals surface area contributed by atoms with E-state index in [1.807, 2.05) is 73.7 Å². The number of carbonyl (C=O) groups is 3. The number of rotatable bonds is 8. The number of hydrogen-bond donors (Lipinski definition) is 0. The maximum Gasteiger partial charge on any atom is 0.291 e. The van der Waals surface area contributed by atoms with E-state index in [9.17, 15) is 14.4 Å². The topological polar surface area (TPSA) is 79.4 Å². The van der Waals surface area contributed by atoms with E-state index in [2.05, 4.69) is 4.90 Å². The van der Waals surface area contributed by atoms with Gasteiger partial charge in [-0.1, -0.05) is 48.5 Å². The molecule has 0 aliphatic carbocycles. The number of ether oxygens (including phenoxy) is 2. The molecule has 0 bridgehead atoms. The van der Waals surface area contributed by atoms with E-state index < -0.39 is 5.44 Å². The second-order valence-electron chi connectivity index (χ2n) is 8.87. The van der Waals surface area contributed by atoms with Crippen molar-refractivity contribution in [2.75, 3.05) is 25.3 Å². The lowest BCUT2D eigenvalue weighted by atomic mass is 10.1. The van der Waals surface area contributed by atoms with E-state index in [0.29, 0.717) is 18.0 Å². The summed E-state index contributed by atoms with van der Waals surface area (Å²) in [5.74, 6) is 0.159. The number of amides is 3. The maximum absolute atomic E-state index is 13.5. The third kappa shape index (κ3) is 5.05. The van der Waals surface area contributed by atoms with E-state index in [1.165, 1.54) is 4.90 Å². The Morgan fingerprint density at radius 2 is 1.68 bits per heavy atom. The maximum atomic E-state index is 13.5. The molecule has 0 spiro atoms. The first-order valence-electron chi connectivity index (χ1n) is 12.0. The molecule has 8 nitrogen and oxygen atoms in total. The van der Waals surface area contributed by atoms with Crippen LogP contribution in [0.3, 0.4) is 0 Å². The number of thioether (sulfide) groups is 1. The number of imide groups is 1. The highest BCUT2D eigenvalue weighted by molar-refractivity contribution is 8.15. The Bertz CT molecular complexity index is 1300. The molecule has 2 unspecified atom stereocenters. The monoisotopic (exact) mass is 517 g/mol. The molecule has 1 fully saturated rings. The van der Waals surface area contributed by atoms with Gasteiger partial charge in [0, 0.05) is 11.8 Å². The van der Waals surface area contributed by atoms with Crippen LogP contribution in [0.1, 0.15) is 22.8 Å². The lowest BCUT2D eigenvalue weighted by molar-refractivity contribution is -0.134. The van der Waals surface area contributed by atoms with E-state index in [0.717, 1.165) is 28.7 Å². The van der Waals surface area contributed by atoms with Crippen LogP contribution < -0.4 is 9.64 Å². The molecule has 5 rings (SSSR count). The fourth-order valence-corrected chi connectivity index (χ4v) is 5.25. The van der Waals surface area contributed by atoms with Crippen LogP contribution in [0.2, 0.25) is 0 Å². The van der Waals surface area contributed by atoms with Gasteiger partial charge in [0.25, 0.3) is 17.1 Å². The summed E-state index contributed by atoms with van der Waals surface area (Å²) in [6.45, 7) is 2.50. The van der Waals surface area contributed by atoms with Crippen molar-refractivity contribution in [3.05, 3.63) is 90.0 Å². The summed E-state index contributed by atoms with van der Waals surface area (Å²) in [5.41, 5.74) is 2.20. The molecule has 190 valence electrons. The molecule has 0 saturated carbocycles. The molecule has 2 atom stereocenters. The lowest BCUT2D eigenvalue weighted by Gasteiger charge is -2.41. The highest BCUT2D eigenvalue weighted by Crippen LogP contribution is 2.37. The van der Waals surface area contributed by atoms with Gasteiger partial charge in [0.15, 0.2) is 5.44 Å². The molecule has 0 N–H and O–H groups in total. The standard InChI is InChI=1S/C28H27N3O5S/c1-19(17-36-27-26(33)29(28(34)37-27)16-20-9-5-3-6-10-20)30-18-31(21-11-7-4-8-12-21)24-15-22(35-2)13-14-23(24)25(30)32/h3-15,19,27H,16-18H2,1-2H3. The molecule has 3 aromatic carbocycles. The first-order valence-corrected chi connectivity index (χ1v) is 12.8. The molecule has 3 aromatic rings. The van der Waals surface area contributed by atoms with Crippen molar-refractivity contribution >= 4 is 40.2 Å². The zero-order valence-electron chi connectivity index (χ0n) is 20.6. The molecule has 2 aliphatic rings. The normalized spacial score (nSPS) is 18.3. The smallest absolute Gasteiger partial charge is 0.291 e. The van der Waals surface area contributed by atoms with Crippen molar-refractivity contribution in [3.8, 4) is 5.75 Å². The minimum Gasteiger partial charge on any atom is -0.497 e. The first kappa shape index (κ1) is 24.9. The summed E-state index contributed by atoms with van der Waals surface area (Å²) < 4.78 is 11.3. The molecule has 3 amide bonds. The van der Waals surface area contributed by atoms with Gasteiger partial charge in [0.05, 0.1) is 44.2 Å². The summed E-state index contributed by atoms with van der Waals surface area (Å²) in [4.78, 5) is 43.8. The number of fused-ring (bicyclic) bond motifs is 1. The molecule has 37 heavy (non-hydrogen) atoms. The number of benzene rings is 3. The second kappa shape index (κ2) is 10.7. The lowest BCUT2D eigenvalue weighted by Crippen LogP contribution is -2.50. The van der Waals surface area contributed by atoms with Crippen LogP contribution in [0.5, 0.6) is 5.75 Å². The van der Waals surface area contributed by atoms with Crippen LogP contribution in [0.25, 0.3) is 0 Å². The summed E-state index contributed by atoms with van der Waals surface area (Å²) >= 11 is 0.868. The Hall–Kier alpha value is -3.82. The number of carbonyl (C=O) groups excluding carboxylic acids is 3. The van der Waals surface area contributed by atoms with Crippen LogP contribution >= 0.6 is 11.8 Å². The third-order valence-electron chi connectivity index (χ3n) is 6.45. The summed E-state index contributed by atoms with van der Waals surface area (Å²) in [7, 11) is 1.60. The van der Waals surface area contributed by atoms with Gasteiger partial charge in [-0.25, -0.2) is 0 Å². The van der Waals surface area contributed by atoms with Gasteiger partial charge in [0.2, 0.25) is 0 Å². The van der Waals surface area contributed by atoms with Crippen molar-refractivity contribution in [2.24, 2.45) is 0 Å². The van der Waals surface area contributed by atoms with Crippen molar-refractivity contribution in [3.63, 3.8) is 0 Å². The van der Waals surface area contributed by atoms with Crippen LogP contribution in [-0.4, -0.2) is 58.7 Å². The fraction of sp³-hybridized carbons (Fsp3) is 0.250. The number of para-hydroxylation sites is 1. The van der Waals surface area contributed by atoms with Crippen LogP contribution in [0, 0.1) is 0 Å². The van der Waals surface area contributed by atoms with Crippen molar-refractivity contribution in [1.82, 2.24) is 9.80 Å². The zero-order valence-corrected chi connectivity index (χ0v) is 21.4. The highest BCUT2D eigenvalue weighted by atomic mass is 32.2. The molecule has 1 saturated heterocycles. The third-order valence-corrected chi connectivity index (χ3v) is 7.42. The predicted octanol–water partition coefficient (Wildman–Crippen LogP) is 4.87. The Balaban J connectivity index is 1.30. The summed E-state index contributed by atoms with van der Waals surface area (Å²) in [6, 6.07) is 24.2. The predicted molar refractivity (Wildman–Crippen MR) is 142 cm³/mol. The van der Waals surface area contributed by atoms with Crippen LogP contribution in [0.15, 0.2) is 78.9 Å². The van der Waals surface area contributed by atoms with Gasteiger partial charge in [0.1, 0.15) is 5.75 Å². The van der Waals surface area contributed by atoms with Crippen molar-refractivity contribution in [2.45, 2.75) is 24.9 Å². The number of hydrogen-bond acceptors (Lipinski definition) is 7. The zero-order chi connectivity index (χ0) is 25.9. The Morgan fingerprint density at radius 1 is 0.973 bits per heavy atom. The molecule has 0 radical (unpaired) electrons. The van der Waals surface area contributed by atoms with Crippen LogP contribution in [-0.2, 0) is 16.1 Å². The number of anilines is 2. The van der Waals surface area contributed by atoms with E-state index in [4.69, 9.17) is 9.47 Å². The quantitative estimate of drug-likeness (QED) is 0.422. The van der Waals surface area contributed by atoms with Crippen molar-refractivity contribution < 1.29 is 23.9 Å². The summed E-state index contributed by atoms with van der Waals surface area (Å²) in [6.07, 6.45) is 0. The number of methoxy groups -OCH3 is 1.